The summed E-state index contributed by atoms with van der Waals surface area (Å²) in [6.07, 6.45) is 10.9. The first-order valence-electron chi connectivity index (χ1n) is 23.8. The first-order valence-corrected chi connectivity index (χ1v) is 24.5. The van der Waals surface area contributed by atoms with Gasteiger partial charge >= 0.3 is 0 Å². The van der Waals surface area contributed by atoms with Crippen LogP contribution in [0, 0.1) is 49.2 Å². The minimum Gasteiger partial charge on any atom is -0.482 e. The van der Waals surface area contributed by atoms with Crippen LogP contribution in [-0.2, 0) is 13.1 Å². The highest BCUT2D eigenvalue weighted by molar-refractivity contribution is 6.31. The Morgan fingerprint density at radius 3 is 1.34 bits per heavy atom. The Kier molecular flexibility index (Phi) is 12.4. The van der Waals surface area contributed by atoms with Gasteiger partial charge in [0.25, 0.3) is 0 Å². The second-order valence-corrected chi connectivity index (χ2v) is 20.0. The smallest absolute Gasteiger partial charge is 0.242 e. The van der Waals surface area contributed by atoms with Crippen LogP contribution in [0.1, 0.15) is 86.6 Å². The van der Waals surface area contributed by atoms with Crippen LogP contribution in [0.3, 0.4) is 0 Å². The predicted octanol–water partition coefficient (Wildman–Crippen LogP) is 8.82. The maximum Gasteiger partial charge on any atom is 0.242 e. The van der Waals surface area contributed by atoms with E-state index in [-0.39, 0.29) is 12.2 Å². The second kappa shape index (κ2) is 18.9. The third kappa shape index (κ3) is 9.58. The van der Waals surface area contributed by atoms with Gasteiger partial charge in [-0.3, -0.25) is 0 Å². The molecular weight excluding hydrogens is 914 g/mol. The molecular formula is C48H54Cl2F2N14O2. The van der Waals surface area contributed by atoms with Crippen LogP contribution in [0.2, 0.25) is 10.0 Å². The van der Waals surface area contributed by atoms with E-state index in [0.717, 1.165) is 99.6 Å². The van der Waals surface area contributed by atoms with Gasteiger partial charge in [-0.25, -0.2) is 38.1 Å². The number of ether oxygens (including phenoxy) is 2. The summed E-state index contributed by atoms with van der Waals surface area (Å²) in [6, 6.07) is 13.3. The van der Waals surface area contributed by atoms with E-state index in [1.807, 2.05) is 23.2 Å². The van der Waals surface area contributed by atoms with E-state index < -0.39 is 11.6 Å². The topological polar surface area (TPSA) is 162 Å². The van der Waals surface area contributed by atoms with Crippen molar-refractivity contribution in [3.63, 3.8) is 0 Å². The summed E-state index contributed by atoms with van der Waals surface area (Å²) in [4.78, 5) is 31.8. The van der Waals surface area contributed by atoms with Gasteiger partial charge in [-0.2, -0.15) is 9.97 Å². The number of hydrogen-bond acceptors (Lipinski definition) is 14. The summed E-state index contributed by atoms with van der Waals surface area (Å²) in [5.74, 6) is 6.89. The molecule has 6 aliphatic rings. The highest BCUT2D eigenvalue weighted by Gasteiger charge is 2.45. The molecule has 20 heteroatoms. The number of hydrogen-bond donors (Lipinski definition) is 2. The zero-order valence-electron chi connectivity index (χ0n) is 38.0. The van der Waals surface area contributed by atoms with Gasteiger partial charge in [0.2, 0.25) is 11.9 Å². The molecule has 0 radical (unpaired) electrons. The average molecular weight is 968 g/mol. The maximum atomic E-state index is 13.8. The van der Waals surface area contributed by atoms with Gasteiger partial charge in [-0.15, -0.1) is 10.2 Å². The minimum atomic E-state index is -0.416. The summed E-state index contributed by atoms with van der Waals surface area (Å²) in [6.45, 7) is 9.45. The van der Waals surface area contributed by atoms with Crippen LogP contribution in [0.4, 0.5) is 32.3 Å². The Balaban J connectivity index is 0.000000149. The summed E-state index contributed by atoms with van der Waals surface area (Å²) in [7, 11) is 0. The zero-order valence-corrected chi connectivity index (χ0v) is 39.5. The molecule has 4 aromatic heterocycles. The first kappa shape index (κ1) is 44.6. The monoisotopic (exact) mass is 966 g/mol. The highest BCUT2D eigenvalue weighted by atomic mass is 35.5. The van der Waals surface area contributed by atoms with E-state index in [9.17, 15) is 8.78 Å². The van der Waals surface area contributed by atoms with Crippen LogP contribution >= 0.6 is 23.2 Å². The summed E-state index contributed by atoms with van der Waals surface area (Å²) >= 11 is 12.0. The number of aromatic nitrogens is 10. The quantitative estimate of drug-likeness (QED) is 0.134. The number of nitrogens with zero attached hydrogens (tertiary/aromatic N) is 12. The van der Waals surface area contributed by atoms with Gasteiger partial charge < -0.3 is 29.9 Å². The number of halogens is 4. The fraction of sp³-hybridized carbons (Fsp3) is 0.500. The zero-order chi connectivity index (χ0) is 46.5. The lowest BCUT2D eigenvalue weighted by Crippen LogP contribution is -2.48. The van der Waals surface area contributed by atoms with E-state index in [1.165, 1.54) is 49.9 Å². The molecule has 2 saturated carbocycles. The van der Waals surface area contributed by atoms with Crippen molar-refractivity contribution in [1.29, 1.82) is 0 Å². The molecule has 2 saturated heterocycles. The number of anilines is 4. The van der Waals surface area contributed by atoms with Gasteiger partial charge in [0.1, 0.15) is 47.4 Å². The summed E-state index contributed by atoms with van der Waals surface area (Å²) in [5.41, 5.74) is 1.98. The van der Waals surface area contributed by atoms with E-state index in [4.69, 9.17) is 52.8 Å². The number of benzene rings is 2. The SMILES string of the molecule is Cc1cc(N2C[C@H]3CC[C@@H](C2)C3Nc2nc3n(n2)CCC[C@@H]3Oc2cc(F)cc(Cl)c2)ncn1.Cc1cc(N2C[C@H]3CC[C@@H](C2)C3Nc2nc3n(n2)CCC[C@H]3Oc2cc(F)cc(Cl)c2)ncn1. The second-order valence-electron chi connectivity index (χ2n) is 19.1. The molecule has 2 aliphatic carbocycles. The third-order valence-electron chi connectivity index (χ3n) is 14.4. The normalized spacial score (nSPS) is 25.8. The predicted molar refractivity (Wildman–Crippen MR) is 253 cm³/mol. The van der Waals surface area contributed by atoms with E-state index >= 15 is 0 Å². The van der Waals surface area contributed by atoms with Gasteiger partial charge in [0.05, 0.1) is 0 Å². The van der Waals surface area contributed by atoms with E-state index in [2.05, 4.69) is 52.5 Å². The molecule has 4 aliphatic heterocycles. The van der Waals surface area contributed by atoms with E-state index in [0.29, 0.717) is 69.2 Å². The Hall–Kier alpha value is -5.88. The molecule has 0 amide bonds. The highest BCUT2D eigenvalue weighted by Crippen LogP contribution is 2.42. The molecule has 2 N–H and O–H groups in total. The van der Waals surface area contributed by atoms with Gasteiger partial charge in [0.15, 0.2) is 23.9 Å². The average Bonchev–Trinajstić information content (AvgIpc) is 4.03. The lowest BCUT2D eigenvalue weighted by Gasteiger charge is -2.38. The molecule has 356 valence electrons. The fourth-order valence-corrected chi connectivity index (χ4v) is 11.7. The molecule has 68 heavy (non-hydrogen) atoms. The molecule has 2 unspecified atom stereocenters. The lowest BCUT2D eigenvalue weighted by molar-refractivity contribution is 0.155. The molecule has 6 aromatic rings. The first-order chi connectivity index (χ1) is 33.0. The minimum absolute atomic E-state index is 0.283. The Labute approximate surface area is 403 Å². The molecule has 8 heterocycles. The van der Waals surface area contributed by atoms with Gasteiger partial charge in [-0.1, -0.05) is 23.2 Å². The van der Waals surface area contributed by atoms with Crippen LogP contribution in [0.15, 0.2) is 61.2 Å². The van der Waals surface area contributed by atoms with Crippen molar-refractivity contribution < 1.29 is 18.3 Å². The third-order valence-corrected chi connectivity index (χ3v) is 14.8. The van der Waals surface area contributed by atoms with Gasteiger partial charge in [-0.05, 0) is 113 Å². The lowest BCUT2D eigenvalue weighted by atomic mass is 9.92. The fourth-order valence-electron chi connectivity index (χ4n) is 11.3. The van der Waals surface area contributed by atoms with Crippen molar-refractivity contribution >= 4 is 46.7 Å². The van der Waals surface area contributed by atoms with Crippen molar-refractivity contribution in [2.45, 2.75) is 103 Å². The summed E-state index contributed by atoms with van der Waals surface area (Å²) in [5, 5.41) is 17.4. The van der Waals surface area contributed by atoms with Crippen LogP contribution in [0.25, 0.3) is 0 Å². The molecule has 12 rings (SSSR count). The van der Waals surface area contributed by atoms with Crippen LogP contribution in [0.5, 0.6) is 11.5 Å². The molecule has 4 bridgehead atoms. The molecule has 8 atom stereocenters. The molecule has 16 nitrogen and oxygen atoms in total. The molecule has 0 spiro atoms. The molecule has 4 fully saturated rings. The maximum absolute atomic E-state index is 13.8. The van der Waals surface area contributed by atoms with Gasteiger partial charge in [0, 0.05) is 97.1 Å². The molecule has 2 aromatic carbocycles. The van der Waals surface area contributed by atoms with Crippen LogP contribution < -0.4 is 29.9 Å². The standard InChI is InChI=1S/2C24H27ClFN7O/c2*1-14-7-21(28-13-27-14)32-11-15-4-5-16(12-32)22(15)29-24-30-23-20(3-2-6-33(23)31-24)34-19-9-17(25)8-18(26)10-19/h2*7-10,13,15-16,20,22H,2-6,11-12H2,1H3,(H,29,31)/t2*15-,16+,20-,22?/m10/s1. The number of rotatable bonds is 10. The van der Waals surface area contributed by atoms with Crippen LogP contribution in [-0.4, -0.2) is 87.7 Å². The Bertz CT molecular complexity index is 2520. The largest absolute Gasteiger partial charge is 0.482 e. The Morgan fingerprint density at radius 1 is 0.544 bits per heavy atom. The van der Waals surface area contributed by atoms with Crippen molar-refractivity contribution in [2.24, 2.45) is 23.7 Å². The van der Waals surface area contributed by atoms with Crippen molar-refractivity contribution in [3.05, 3.63) is 106 Å². The van der Waals surface area contributed by atoms with Crippen molar-refractivity contribution in [2.75, 3.05) is 46.6 Å². The number of piperidine rings is 2. The number of aryl methyl sites for hydroxylation is 4. The Morgan fingerprint density at radius 2 is 0.956 bits per heavy atom. The summed E-state index contributed by atoms with van der Waals surface area (Å²) < 4.78 is 43.5. The van der Waals surface area contributed by atoms with Crippen molar-refractivity contribution in [1.82, 2.24) is 49.5 Å². The number of fused-ring (bicyclic) bond motifs is 6. The van der Waals surface area contributed by atoms with E-state index in [1.54, 1.807) is 24.8 Å². The van der Waals surface area contributed by atoms with Crippen molar-refractivity contribution in [3.8, 4) is 11.5 Å². The number of nitrogens with one attached hydrogen (secondary N) is 2.